The smallest absolute Gasteiger partial charge is 0.0151 e. The molecule has 0 saturated heterocycles. The van der Waals surface area contributed by atoms with Gasteiger partial charge in [0.1, 0.15) is 0 Å². The van der Waals surface area contributed by atoms with Crippen molar-refractivity contribution in [2.75, 3.05) is 0 Å². The maximum atomic E-state index is 2.26. The van der Waals surface area contributed by atoms with Crippen LogP contribution in [0.2, 0.25) is 0 Å². The number of aryl methyl sites for hydroxylation is 1. The molecule has 1 heteroatoms. The van der Waals surface area contributed by atoms with Gasteiger partial charge in [-0.2, -0.15) is 0 Å². The number of rotatable bonds is 1. The largest absolute Gasteiger partial charge is 0.344 e. The molecule has 2 aliphatic rings. The molecular weight excluding hydrogens is 110 g/mol. The summed E-state index contributed by atoms with van der Waals surface area (Å²) < 4.78 is 0. The molecule has 0 radical (unpaired) electrons. The summed E-state index contributed by atoms with van der Waals surface area (Å²) in [6, 6.07) is 6.61. The zero-order valence-electron chi connectivity index (χ0n) is 5.65. The highest BCUT2D eigenvalue weighted by molar-refractivity contribution is 5.80. The molecule has 2 rings (SSSR count). The Hall–Kier alpha value is -0.820. The predicted octanol–water partition coefficient (Wildman–Crippen LogP) is 2.39. The van der Waals surface area contributed by atoms with Gasteiger partial charge in [-0.3, -0.25) is 0 Å². The minimum Gasteiger partial charge on any atom is -0.344 e. The van der Waals surface area contributed by atoms with Crippen LogP contribution < -0.4 is 6.15 Å². The van der Waals surface area contributed by atoms with E-state index in [-0.39, 0.29) is 6.15 Å². The van der Waals surface area contributed by atoms with E-state index in [0.29, 0.717) is 0 Å². The molecule has 0 saturated carbocycles. The average molecular weight is 121 g/mol. The molecule has 0 atom stereocenters. The van der Waals surface area contributed by atoms with Crippen molar-refractivity contribution in [1.82, 2.24) is 6.15 Å². The van der Waals surface area contributed by atoms with Gasteiger partial charge in [-0.1, -0.05) is 25.1 Å². The molecule has 0 fully saturated rings. The molecule has 0 heterocycles. The van der Waals surface area contributed by atoms with Gasteiger partial charge in [0, 0.05) is 0 Å². The quantitative estimate of drug-likeness (QED) is 0.617. The first kappa shape index (κ1) is 6.30. The van der Waals surface area contributed by atoms with Crippen molar-refractivity contribution in [3.63, 3.8) is 0 Å². The van der Waals surface area contributed by atoms with Crippen LogP contribution in [-0.2, 0) is 6.42 Å². The van der Waals surface area contributed by atoms with Gasteiger partial charge in [-0.25, -0.2) is 0 Å². The van der Waals surface area contributed by atoms with E-state index in [4.69, 9.17) is 0 Å². The van der Waals surface area contributed by atoms with Crippen LogP contribution in [0.3, 0.4) is 0 Å². The third-order valence-corrected chi connectivity index (χ3v) is 1.80. The van der Waals surface area contributed by atoms with E-state index in [1.807, 2.05) is 0 Å². The van der Waals surface area contributed by atoms with Crippen LogP contribution in [0.15, 0.2) is 18.2 Å². The summed E-state index contributed by atoms with van der Waals surface area (Å²) in [5.41, 5.74) is 4.50. The third-order valence-electron chi connectivity index (χ3n) is 1.80. The van der Waals surface area contributed by atoms with Crippen LogP contribution in [0, 0.1) is 0 Å². The molecule has 0 amide bonds. The van der Waals surface area contributed by atoms with Gasteiger partial charge in [0.25, 0.3) is 0 Å². The highest BCUT2D eigenvalue weighted by Gasteiger charge is 2.13. The zero-order valence-corrected chi connectivity index (χ0v) is 5.65. The van der Waals surface area contributed by atoms with E-state index >= 15 is 0 Å². The zero-order chi connectivity index (χ0) is 5.56. The summed E-state index contributed by atoms with van der Waals surface area (Å²) in [5, 5.41) is 0. The minimum atomic E-state index is 0. The molecule has 0 spiro atoms. The van der Waals surface area contributed by atoms with Gasteiger partial charge >= 0.3 is 0 Å². The minimum absolute atomic E-state index is 0. The highest BCUT2D eigenvalue weighted by Crippen LogP contribution is 2.36. The van der Waals surface area contributed by atoms with Crippen LogP contribution in [0.25, 0.3) is 11.1 Å². The molecule has 0 aromatic rings. The SMILES string of the molecule is CCc1cc2ccc1-2.N. The second kappa shape index (κ2) is 1.85. The molecule has 3 N–H and O–H groups in total. The first-order valence-corrected chi connectivity index (χ1v) is 3.05. The monoisotopic (exact) mass is 121 g/mol. The normalized spacial score (nSPS) is 10.3. The topological polar surface area (TPSA) is 35.0 Å². The maximum absolute atomic E-state index is 2.26. The molecule has 2 aliphatic carbocycles. The Morgan fingerprint density at radius 1 is 1.33 bits per heavy atom. The molecule has 1 nitrogen and oxygen atoms in total. The van der Waals surface area contributed by atoms with Crippen LogP contribution in [0.4, 0.5) is 0 Å². The van der Waals surface area contributed by atoms with Gasteiger partial charge in [-0.05, 0) is 23.1 Å². The Balaban J connectivity index is 0.000000405. The first-order valence-electron chi connectivity index (χ1n) is 3.05. The van der Waals surface area contributed by atoms with E-state index in [1.165, 1.54) is 23.1 Å². The Labute approximate surface area is 55.3 Å². The lowest BCUT2D eigenvalue weighted by Crippen LogP contribution is -1.97. The Morgan fingerprint density at radius 3 is 2.22 bits per heavy atom. The molecule has 0 bridgehead atoms. The number of hydrogen-bond acceptors (Lipinski definition) is 1. The Kier molecular flexibility index (Phi) is 1.29. The fraction of sp³-hybridized carbons (Fsp3) is 0.250. The second-order valence-electron chi connectivity index (χ2n) is 2.23. The van der Waals surface area contributed by atoms with Crippen molar-refractivity contribution in [3.05, 3.63) is 23.8 Å². The van der Waals surface area contributed by atoms with Crippen molar-refractivity contribution in [2.45, 2.75) is 13.3 Å². The van der Waals surface area contributed by atoms with Crippen molar-refractivity contribution >= 4 is 0 Å². The van der Waals surface area contributed by atoms with E-state index in [2.05, 4.69) is 25.1 Å². The molecular formula is C8H11N. The van der Waals surface area contributed by atoms with Crippen molar-refractivity contribution in [3.8, 4) is 11.1 Å². The number of fused-ring (bicyclic) bond motifs is 1. The lowest BCUT2D eigenvalue weighted by molar-refractivity contribution is 1.12. The third kappa shape index (κ3) is 0.583. The van der Waals surface area contributed by atoms with Gasteiger partial charge in [-0.15, -0.1) is 0 Å². The van der Waals surface area contributed by atoms with Gasteiger partial charge in [0.15, 0.2) is 0 Å². The summed E-state index contributed by atoms with van der Waals surface area (Å²) in [7, 11) is 0. The highest BCUT2D eigenvalue weighted by atomic mass is 14.2. The van der Waals surface area contributed by atoms with Crippen molar-refractivity contribution < 1.29 is 0 Å². The molecule has 0 aromatic heterocycles. The molecule has 0 aliphatic heterocycles. The fourth-order valence-corrected chi connectivity index (χ4v) is 1.16. The summed E-state index contributed by atoms with van der Waals surface area (Å²) in [4.78, 5) is 0. The lowest BCUT2D eigenvalue weighted by atomic mass is 9.86. The molecule has 48 valence electrons. The van der Waals surface area contributed by atoms with Crippen LogP contribution in [-0.4, -0.2) is 0 Å². The van der Waals surface area contributed by atoms with E-state index in [9.17, 15) is 0 Å². The standard InChI is InChI=1S/C8H8.H3N/c1-2-6-5-7-3-4-8(6)7;/h3-5H,2H2,1H3;1H3. The molecule has 0 aromatic carbocycles. The van der Waals surface area contributed by atoms with Gasteiger partial charge in [0.05, 0.1) is 0 Å². The van der Waals surface area contributed by atoms with Crippen molar-refractivity contribution in [2.24, 2.45) is 0 Å². The number of benzene rings is 1. The van der Waals surface area contributed by atoms with Crippen LogP contribution in [0.5, 0.6) is 0 Å². The van der Waals surface area contributed by atoms with Gasteiger partial charge in [0.2, 0.25) is 0 Å². The summed E-state index contributed by atoms with van der Waals surface area (Å²) in [5.74, 6) is 0. The fourth-order valence-electron chi connectivity index (χ4n) is 1.16. The van der Waals surface area contributed by atoms with E-state index in [0.717, 1.165) is 0 Å². The first-order chi connectivity index (χ1) is 3.92. The van der Waals surface area contributed by atoms with Crippen molar-refractivity contribution in [1.29, 1.82) is 0 Å². The predicted molar refractivity (Wildman–Crippen MR) is 39.8 cm³/mol. The second-order valence-corrected chi connectivity index (χ2v) is 2.23. The summed E-state index contributed by atoms with van der Waals surface area (Å²) >= 11 is 0. The average Bonchev–Trinajstić information content (AvgIpc) is 1.76. The Bertz CT molecular complexity index is 228. The lowest BCUT2D eigenvalue weighted by Gasteiger charge is -2.19. The van der Waals surface area contributed by atoms with E-state index < -0.39 is 0 Å². The van der Waals surface area contributed by atoms with E-state index in [1.54, 1.807) is 0 Å². The van der Waals surface area contributed by atoms with Crippen LogP contribution in [0.1, 0.15) is 12.5 Å². The summed E-state index contributed by atoms with van der Waals surface area (Å²) in [6.45, 7) is 2.20. The maximum Gasteiger partial charge on any atom is -0.0151 e. The van der Waals surface area contributed by atoms with Crippen LogP contribution >= 0.6 is 0 Å². The molecule has 9 heavy (non-hydrogen) atoms. The van der Waals surface area contributed by atoms with Gasteiger partial charge < -0.3 is 6.15 Å². The summed E-state index contributed by atoms with van der Waals surface area (Å²) in [6.07, 6.45) is 1.20. The Morgan fingerprint density at radius 2 is 2.11 bits per heavy atom. The molecule has 0 unspecified atom stereocenters. The number of hydrogen-bond donors (Lipinski definition) is 1.